The summed E-state index contributed by atoms with van der Waals surface area (Å²) in [6.07, 6.45) is 1.33. The third-order valence-corrected chi connectivity index (χ3v) is 18.1. The molecule has 10 atom stereocenters. The standard InChI is InChI=1S/C64H81N13O19S2/c1-35(78)55-63(93)72-45(24-36-8-12-41(79)13-9-36)58(88)70-46(26-40-28-66-34-67-40)59(89)74-49(56(65)86)32-97-30-38-21-39-23-43(22-38)95-19-4-2-3-5-20-96-68-29-52(81)69-44(16-17-53(82)83)57(87)75-50(33-98-31-39)61(91)73-48(25-37-10-14-42(80)15-11-37)64(94)77-18-6-7-51(77)62(92)71-47(27-54(84)85)60(90)76-55/h8-15,21-23,28-29,34-35,44-51,55,78-80H,2-7,16-20,24-27,30-33H2,1H3,(H2,65,86)(H,66,67)(H,69,81)(H,70,88)(H,71,92)(H,72,93)(H,73,91)(H,74,89)(H,75,87)(H,76,90)(H,82,83)(H,84,85)/b68-29+/t35-,44+,45+,46+,47+,48+,49+,50+,51+,55+/m1/s1. The van der Waals surface area contributed by atoms with E-state index < -0.39 is 151 Å². The third kappa shape index (κ3) is 24.0. The molecule has 3 aromatic carbocycles. The molecule has 3 aliphatic rings. The summed E-state index contributed by atoms with van der Waals surface area (Å²) in [5.41, 5.74) is 8.33. The van der Waals surface area contributed by atoms with Crippen LogP contribution in [0, 0.1) is 0 Å². The van der Waals surface area contributed by atoms with Crippen LogP contribution in [-0.4, -0.2) is 209 Å². The normalized spacial score (nSPS) is 24.5. The van der Waals surface area contributed by atoms with Crippen molar-refractivity contribution in [3.63, 3.8) is 0 Å². The highest BCUT2D eigenvalue weighted by Crippen LogP contribution is 2.27. The van der Waals surface area contributed by atoms with Gasteiger partial charge < -0.3 is 93.3 Å². The Morgan fingerprint density at radius 2 is 1.21 bits per heavy atom. The maximum atomic E-state index is 15.1. The zero-order valence-corrected chi connectivity index (χ0v) is 55.1. The van der Waals surface area contributed by atoms with E-state index in [1.165, 1.54) is 72.8 Å². The molecule has 0 aliphatic carbocycles. The van der Waals surface area contributed by atoms with Crippen LogP contribution in [-0.2, 0) is 93.1 Å². The van der Waals surface area contributed by atoms with Gasteiger partial charge in [0.25, 0.3) is 5.91 Å². The van der Waals surface area contributed by atoms with Crippen LogP contribution in [0.2, 0.25) is 0 Å². The number of ether oxygens (including phenoxy) is 1. The van der Waals surface area contributed by atoms with Crippen molar-refractivity contribution in [3.05, 3.63) is 107 Å². The van der Waals surface area contributed by atoms with Crippen LogP contribution in [0.3, 0.4) is 0 Å². The zero-order chi connectivity index (χ0) is 70.8. The average Bonchev–Trinajstić information content (AvgIpc) is 1.58. The lowest BCUT2D eigenvalue weighted by Crippen LogP contribution is -2.62. The molecule has 0 radical (unpaired) electrons. The number of imidazole rings is 1. The number of aromatic amines is 1. The summed E-state index contributed by atoms with van der Waals surface area (Å²) in [6.45, 7) is 1.39. The van der Waals surface area contributed by atoms with E-state index in [0.717, 1.165) is 29.8 Å². The van der Waals surface area contributed by atoms with Gasteiger partial charge in [-0.3, -0.25) is 57.5 Å². The summed E-state index contributed by atoms with van der Waals surface area (Å²) in [5, 5.41) is 75.0. The molecule has 1 fully saturated rings. The number of primary amides is 1. The highest BCUT2D eigenvalue weighted by molar-refractivity contribution is 7.98. The zero-order valence-electron chi connectivity index (χ0n) is 53.5. The van der Waals surface area contributed by atoms with E-state index >= 15 is 9.59 Å². The van der Waals surface area contributed by atoms with Gasteiger partial charge >= 0.3 is 11.9 Å². The molecule has 528 valence electrons. The first kappa shape index (κ1) is 75.4. The van der Waals surface area contributed by atoms with E-state index in [0.29, 0.717) is 59.4 Å². The van der Waals surface area contributed by atoms with Gasteiger partial charge in [0.1, 0.15) is 84.4 Å². The van der Waals surface area contributed by atoms with Crippen LogP contribution in [0.5, 0.6) is 17.2 Å². The lowest BCUT2D eigenvalue weighted by atomic mass is 10.0. The Morgan fingerprint density at radius 3 is 1.84 bits per heavy atom. The number of aromatic hydroxyl groups is 2. The second-order valence-corrected chi connectivity index (χ2v) is 25.7. The van der Waals surface area contributed by atoms with Crippen molar-refractivity contribution in [1.82, 2.24) is 57.4 Å². The van der Waals surface area contributed by atoms with Crippen molar-refractivity contribution in [3.8, 4) is 17.2 Å². The van der Waals surface area contributed by atoms with E-state index in [1.807, 2.05) is 6.07 Å². The maximum Gasteiger partial charge on any atom is 0.305 e. The summed E-state index contributed by atoms with van der Waals surface area (Å²) in [4.78, 5) is 181. The number of amides is 10. The number of aliphatic carboxylic acids is 2. The molecule has 4 aromatic rings. The topological polar surface area (TPSA) is 491 Å². The van der Waals surface area contributed by atoms with Crippen molar-refractivity contribution in [2.75, 3.05) is 31.3 Å². The molecule has 16 N–H and O–H groups in total. The number of phenolic OH excluding ortho intramolecular Hbond substituents is 2. The highest BCUT2D eigenvalue weighted by atomic mass is 32.2. The quantitative estimate of drug-likeness (QED) is 0.0768. The van der Waals surface area contributed by atoms with Crippen LogP contribution >= 0.6 is 23.5 Å². The molecule has 10 amide bonds. The summed E-state index contributed by atoms with van der Waals surface area (Å²) >= 11 is 2.34. The number of hydrogen-bond donors (Lipinski definition) is 15. The summed E-state index contributed by atoms with van der Waals surface area (Å²) in [7, 11) is 0. The smallest absolute Gasteiger partial charge is 0.305 e. The summed E-state index contributed by atoms with van der Waals surface area (Å²) < 4.78 is 6.27. The molecule has 0 unspecified atom stereocenters. The molecule has 0 spiro atoms. The molecule has 4 bridgehead atoms. The number of carbonyl (C=O) groups is 12. The summed E-state index contributed by atoms with van der Waals surface area (Å²) in [6, 6.07) is 1.83. The van der Waals surface area contributed by atoms with Gasteiger partial charge in [0.2, 0.25) is 53.2 Å². The van der Waals surface area contributed by atoms with E-state index in [2.05, 4.69) is 57.7 Å². The third-order valence-electron chi connectivity index (χ3n) is 15.9. The van der Waals surface area contributed by atoms with Crippen LogP contribution in [0.15, 0.2) is 84.4 Å². The van der Waals surface area contributed by atoms with Crippen LogP contribution in [0.1, 0.15) is 92.7 Å². The first-order valence-corrected chi connectivity index (χ1v) is 33.9. The predicted molar refractivity (Wildman–Crippen MR) is 353 cm³/mol. The molecule has 3 aliphatic heterocycles. The number of fused-ring (bicyclic) bond motifs is 6. The van der Waals surface area contributed by atoms with Gasteiger partial charge in [-0.2, -0.15) is 23.5 Å². The number of rotatable bonds is 13. The van der Waals surface area contributed by atoms with Gasteiger partial charge in [-0.25, -0.2) is 4.98 Å². The Bertz CT molecular complexity index is 3490. The molecule has 98 heavy (non-hydrogen) atoms. The number of thioether (sulfide) groups is 2. The SMILES string of the molecule is C[C@@H](O)[C@@H]1NC(=O)[C@H](CC(=O)O)NC(=O)[C@@H]2CCCN2C(=O)[C@H](Cc2ccc(O)cc2)NC(=O)[C@@H]2CSCc3cc(cc(c3)OCCCCCCO/N=C/C(=O)N[C@@H](CCC(=O)O)C(=O)N2)CSC[C@@H](C(N)=O)NC(=O)[C@H](Cc2cnc[nH]2)NC(=O)[C@H](Cc2ccc(O)cc2)NC1=O. The number of benzene rings is 3. The number of nitrogens with one attached hydrogen (secondary N) is 9. The molecule has 7 rings (SSSR count). The van der Waals surface area contributed by atoms with Gasteiger partial charge in [-0.15, -0.1) is 0 Å². The maximum absolute atomic E-state index is 15.1. The second kappa shape index (κ2) is 37.5. The minimum absolute atomic E-state index is 0.0551. The fraction of sp³-hybridized carbons (Fsp3) is 0.469. The van der Waals surface area contributed by atoms with E-state index in [-0.39, 0.29) is 86.4 Å². The first-order chi connectivity index (χ1) is 46.9. The van der Waals surface area contributed by atoms with E-state index in [1.54, 1.807) is 12.1 Å². The Balaban J connectivity index is 1.30. The minimum Gasteiger partial charge on any atom is -0.508 e. The number of H-pyrrole nitrogens is 1. The van der Waals surface area contributed by atoms with Gasteiger partial charge in [0.15, 0.2) is 0 Å². The number of nitrogens with zero attached hydrogens (tertiary/aromatic N) is 3. The number of carboxylic acid groups (broad SMARTS) is 2. The Hall–Kier alpha value is -9.96. The number of hydrogen-bond acceptors (Lipinski definition) is 21. The number of aromatic nitrogens is 2. The van der Waals surface area contributed by atoms with Crippen LogP contribution in [0.4, 0.5) is 0 Å². The van der Waals surface area contributed by atoms with Gasteiger partial charge in [-0.1, -0.05) is 35.5 Å². The Morgan fingerprint density at radius 1 is 0.633 bits per heavy atom. The van der Waals surface area contributed by atoms with Crippen molar-refractivity contribution in [1.29, 1.82) is 0 Å². The number of oxime groups is 1. The fourth-order valence-electron chi connectivity index (χ4n) is 10.8. The minimum atomic E-state index is -2.00. The van der Waals surface area contributed by atoms with E-state index in [4.69, 9.17) is 15.3 Å². The van der Waals surface area contributed by atoms with Crippen molar-refractivity contribution < 1.29 is 92.6 Å². The van der Waals surface area contributed by atoms with Crippen LogP contribution < -0.4 is 53.0 Å². The summed E-state index contributed by atoms with van der Waals surface area (Å²) in [5.74, 6) is -13.0. The number of aliphatic hydroxyl groups excluding tert-OH is 1. The highest BCUT2D eigenvalue weighted by Gasteiger charge is 2.42. The number of carbonyl (C=O) groups excluding carboxylic acids is 10. The van der Waals surface area contributed by atoms with Gasteiger partial charge in [-0.05, 0) is 111 Å². The lowest BCUT2D eigenvalue weighted by Gasteiger charge is -2.31. The van der Waals surface area contributed by atoms with Gasteiger partial charge in [0.05, 0.1) is 25.5 Å². The second-order valence-electron chi connectivity index (χ2n) is 23.6. The molecule has 1 aromatic heterocycles. The molecule has 1 saturated heterocycles. The first-order valence-electron chi connectivity index (χ1n) is 31.6. The number of phenols is 2. The fourth-order valence-corrected chi connectivity index (χ4v) is 12.8. The van der Waals surface area contributed by atoms with E-state index in [9.17, 15) is 73.5 Å². The lowest BCUT2D eigenvalue weighted by molar-refractivity contribution is -0.144. The van der Waals surface area contributed by atoms with Gasteiger partial charge in [0, 0.05) is 67.1 Å². The largest absolute Gasteiger partial charge is 0.508 e. The van der Waals surface area contributed by atoms with Crippen LogP contribution in [0.25, 0.3) is 0 Å². The van der Waals surface area contributed by atoms with Crippen molar-refractivity contribution >= 4 is 101 Å². The average molecular weight is 1400 g/mol. The number of aliphatic hydroxyl groups is 1. The molecular weight excluding hydrogens is 1320 g/mol. The van der Waals surface area contributed by atoms with Crippen molar-refractivity contribution in [2.24, 2.45) is 10.9 Å². The molecule has 32 nitrogen and oxygen atoms in total. The number of carboxylic acids is 2. The molecule has 34 heteroatoms. The van der Waals surface area contributed by atoms with Crippen molar-refractivity contribution in [2.45, 2.75) is 156 Å². The molecule has 4 heterocycles. The number of nitrogens with two attached hydrogens (primary N) is 1. The Labute approximate surface area is 570 Å². The molecule has 0 saturated carbocycles. The molecular formula is C64H81N13O19S2. The monoisotopic (exact) mass is 1400 g/mol. The Kier molecular flexibility index (Phi) is 28.9. The predicted octanol–water partition coefficient (Wildman–Crippen LogP) is -0.941.